The molecule has 0 fully saturated rings. The molecule has 0 aliphatic carbocycles. The third-order valence-electron chi connectivity index (χ3n) is 2.53. The molecule has 0 spiro atoms. The van der Waals surface area contributed by atoms with Gasteiger partial charge in [-0.05, 0) is 24.8 Å². The molecule has 1 aromatic rings. The van der Waals surface area contributed by atoms with Gasteiger partial charge in [-0.2, -0.15) is 0 Å². The van der Waals surface area contributed by atoms with Crippen molar-refractivity contribution in [2.45, 2.75) is 32.7 Å². The van der Waals surface area contributed by atoms with E-state index in [1.165, 1.54) is 6.07 Å². The summed E-state index contributed by atoms with van der Waals surface area (Å²) in [6, 6.07) is 4.60. The molecule has 0 radical (unpaired) electrons. The highest BCUT2D eigenvalue weighted by Gasteiger charge is 2.19. The Morgan fingerprint density at radius 3 is 2.65 bits per heavy atom. The summed E-state index contributed by atoms with van der Waals surface area (Å²) in [5, 5.41) is 11.3. The van der Waals surface area contributed by atoms with E-state index in [1.807, 2.05) is 0 Å². The van der Waals surface area contributed by atoms with Gasteiger partial charge in [-0.3, -0.25) is 10.1 Å². The third kappa shape index (κ3) is 3.98. The number of hydrogen-bond donors (Lipinski definition) is 1. The molecule has 17 heavy (non-hydrogen) atoms. The highest BCUT2D eigenvalue weighted by atomic mass is 35.5. The topological polar surface area (TPSA) is 69.2 Å². The van der Waals surface area contributed by atoms with Crippen molar-refractivity contribution in [1.82, 2.24) is 0 Å². The first kappa shape index (κ1) is 13.9. The number of rotatable bonds is 5. The van der Waals surface area contributed by atoms with Crippen molar-refractivity contribution in [3.05, 3.63) is 38.9 Å². The summed E-state index contributed by atoms with van der Waals surface area (Å²) < 4.78 is 0. The molecule has 0 amide bonds. The Bertz CT molecular complexity index is 407. The van der Waals surface area contributed by atoms with E-state index in [0.717, 1.165) is 6.42 Å². The number of nitrogens with zero attached hydrogens (tertiary/aromatic N) is 1. The molecule has 0 aliphatic heterocycles. The maximum Gasteiger partial charge on any atom is 0.274 e. The summed E-state index contributed by atoms with van der Waals surface area (Å²) in [5.41, 5.74) is 6.55. The number of benzene rings is 1. The normalized spacial score (nSPS) is 12.8. The zero-order valence-electron chi connectivity index (χ0n) is 10.0. The Hall–Kier alpha value is -1.13. The van der Waals surface area contributed by atoms with Gasteiger partial charge in [0.25, 0.3) is 5.69 Å². The van der Waals surface area contributed by atoms with Crippen LogP contribution in [0.15, 0.2) is 18.2 Å². The summed E-state index contributed by atoms with van der Waals surface area (Å²) in [6.07, 6.45) is 1.26. The van der Waals surface area contributed by atoms with Crippen molar-refractivity contribution >= 4 is 17.3 Å². The van der Waals surface area contributed by atoms with Crippen molar-refractivity contribution in [3.63, 3.8) is 0 Å². The van der Waals surface area contributed by atoms with E-state index in [4.69, 9.17) is 17.3 Å². The van der Waals surface area contributed by atoms with E-state index in [9.17, 15) is 10.1 Å². The van der Waals surface area contributed by atoms with Gasteiger partial charge in [0.2, 0.25) is 0 Å². The van der Waals surface area contributed by atoms with Crippen molar-refractivity contribution in [2.24, 2.45) is 11.7 Å². The lowest BCUT2D eigenvalue weighted by molar-refractivity contribution is -0.385. The van der Waals surface area contributed by atoms with Crippen LogP contribution in [0, 0.1) is 16.0 Å². The quantitative estimate of drug-likeness (QED) is 0.650. The molecule has 0 heterocycles. The lowest BCUT2D eigenvalue weighted by Gasteiger charge is -2.14. The summed E-state index contributed by atoms with van der Waals surface area (Å²) in [6.45, 7) is 4.14. The number of nitro groups is 1. The average Bonchev–Trinajstić information content (AvgIpc) is 2.19. The second-order valence-corrected chi connectivity index (χ2v) is 5.00. The minimum atomic E-state index is -0.413. The lowest BCUT2D eigenvalue weighted by atomic mass is 9.97. The van der Waals surface area contributed by atoms with Crippen LogP contribution in [0.1, 0.15) is 25.8 Å². The molecule has 2 N–H and O–H groups in total. The largest absolute Gasteiger partial charge is 0.327 e. The molecular weight excluding hydrogens is 240 g/mol. The Morgan fingerprint density at radius 1 is 1.47 bits per heavy atom. The Labute approximate surface area is 106 Å². The van der Waals surface area contributed by atoms with Crippen LogP contribution >= 0.6 is 11.6 Å². The van der Waals surface area contributed by atoms with Gasteiger partial charge >= 0.3 is 0 Å². The molecule has 0 aliphatic rings. The molecule has 0 saturated heterocycles. The van der Waals surface area contributed by atoms with Crippen LogP contribution in [0.4, 0.5) is 5.69 Å². The average molecular weight is 257 g/mol. The zero-order chi connectivity index (χ0) is 13.0. The fraction of sp³-hybridized carbons (Fsp3) is 0.500. The number of halogens is 1. The van der Waals surface area contributed by atoms with E-state index in [-0.39, 0.29) is 11.7 Å². The van der Waals surface area contributed by atoms with Crippen molar-refractivity contribution in [3.8, 4) is 0 Å². The van der Waals surface area contributed by atoms with Gasteiger partial charge in [0.15, 0.2) is 0 Å². The summed E-state index contributed by atoms with van der Waals surface area (Å²) in [5.74, 6) is 0.464. The summed E-state index contributed by atoms with van der Waals surface area (Å²) >= 11 is 5.99. The van der Waals surface area contributed by atoms with Gasteiger partial charge in [0.1, 0.15) is 0 Å². The highest BCUT2D eigenvalue weighted by Crippen LogP contribution is 2.27. The molecular formula is C12H17ClN2O2. The second-order valence-electron chi connectivity index (χ2n) is 4.59. The molecule has 1 atom stereocenters. The van der Waals surface area contributed by atoms with Crippen LogP contribution in [-0.4, -0.2) is 11.0 Å². The van der Waals surface area contributed by atoms with Crippen LogP contribution in [0.5, 0.6) is 0 Å². The molecule has 94 valence electrons. The van der Waals surface area contributed by atoms with Gasteiger partial charge < -0.3 is 5.73 Å². The number of nitrogens with two attached hydrogens (primary N) is 1. The molecule has 4 nitrogen and oxygen atoms in total. The summed E-state index contributed by atoms with van der Waals surface area (Å²) in [4.78, 5) is 10.5. The molecule has 0 bridgehead atoms. The standard InChI is InChI=1S/C12H17ClN2O2/c1-8(2)6-9(14)7-10-11(13)4-3-5-12(10)15(16)17/h3-5,8-9H,6-7,14H2,1-2H3. The third-order valence-corrected chi connectivity index (χ3v) is 2.89. The maximum absolute atomic E-state index is 10.9. The predicted molar refractivity (Wildman–Crippen MR) is 69.2 cm³/mol. The highest BCUT2D eigenvalue weighted by molar-refractivity contribution is 6.31. The van der Waals surface area contributed by atoms with Crippen LogP contribution in [0.25, 0.3) is 0 Å². The van der Waals surface area contributed by atoms with Crippen LogP contribution in [0.3, 0.4) is 0 Å². The zero-order valence-corrected chi connectivity index (χ0v) is 10.8. The van der Waals surface area contributed by atoms with Crippen LogP contribution < -0.4 is 5.73 Å². The SMILES string of the molecule is CC(C)CC(N)Cc1c(Cl)cccc1[N+](=O)[O-]. The predicted octanol–water partition coefficient (Wildman–Crippen LogP) is 3.16. The van der Waals surface area contributed by atoms with Gasteiger partial charge in [-0.25, -0.2) is 0 Å². The molecule has 0 aromatic heterocycles. The van der Waals surface area contributed by atoms with E-state index in [1.54, 1.807) is 12.1 Å². The van der Waals surface area contributed by atoms with E-state index < -0.39 is 4.92 Å². The fourth-order valence-electron chi connectivity index (χ4n) is 1.87. The fourth-order valence-corrected chi connectivity index (χ4v) is 2.12. The van der Waals surface area contributed by atoms with Gasteiger partial charge in [0, 0.05) is 17.7 Å². The Kier molecular flexibility index (Phi) is 4.90. The van der Waals surface area contributed by atoms with E-state index in [2.05, 4.69) is 13.8 Å². The minimum Gasteiger partial charge on any atom is -0.327 e. The molecule has 1 aromatic carbocycles. The van der Waals surface area contributed by atoms with E-state index in [0.29, 0.717) is 22.9 Å². The van der Waals surface area contributed by atoms with Gasteiger partial charge in [-0.1, -0.05) is 31.5 Å². The Balaban J connectivity index is 2.92. The van der Waals surface area contributed by atoms with Gasteiger partial charge in [0.05, 0.1) is 9.95 Å². The first-order chi connectivity index (χ1) is 7.91. The van der Waals surface area contributed by atoms with E-state index >= 15 is 0 Å². The maximum atomic E-state index is 10.9. The number of hydrogen-bond acceptors (Lipinski definition) is 3. The first-order valence-corrected chi connectivity index (χ1v) is 5.97. The number of nitro benzene ring substituents is 1. The lowest BCUT2D eigenvalue weighted by Crippen LogP contribution is -2.25. The summed E-state index contributed by atoms with van der Waals surface area (Å²) in [7, 11) is 0. The molecule has 1 rings (SSSR count). The van der Waals surface area contributed by atoms with Crippen molar-refractivity contribution in [1.29, 1.82) is 0 Å². The monoisotopic (exact) mass is 256 g/mol. The minimum absolute atomic E-state index is 0.0525. The molecule has 5 heteroatoms. The molecule has 0 saturated carbocycles. The van der Waals surface area contributed by atoms with Gasteiger partial charge in [-0.15, -0.1) is 0 Å². The Morgan fingerprint density at radius 2 is 2.12 bits per heavy atom. The van der Waals surface area contributed by atoms with Crippen molar-refractivity contribution < 1.29 is 4.92 Å². The first-order valence-electron chi connectivity index (χ1n) is 5.59. The van der Waals surface area contributed by atoms with Crippen LogP contribution in [-0.2, 0) is 6.42 Å². The van der Waals surface area contributed by atoms with Crippen molar-refractivity contribution in [2.75, 3.05) is 0 Å². The smallest absolute Gasteiger partial charge is 0.274 e. The van der Waals surface area contributed by atoms with Crippen LogP contribution in [0.2, 0.25) is 5.02 Å². The molecule has 1 unspecified atom stereocenters. The second kappa shape index (κ2) is 5.98.